The molecule has 0 unspecified atom stereocenters. The van der Waals surface area contributed by atoms with Crippen LogP contribution in [-0.2, 0) is 0 Å². The molecule has 0 aliphatic rings. The summed E-state index contributed by atoms with van der Waals surface area (Å²) in [6.45, 7) is 5.19. The predicted molar refractivity (Wildman–Crippen MR) is 107 cm³/mol. The molecule has 2 rings (SSSR count). The molecular weight excluding hydrogens is 389 g/mol. The first kappa shape index (κ1) is 23.2. The predicted octanol–water partition coefficient (Wildman–Crippen LogP) is 4.36. The molecule has 0 spiro atoms. The number of carbonyl (C=O) groups excluding carboxylic acids is 1. The van der Waals surface area contributed by atoms with E-state index >= 15 is 0 Å². The molecule has 2 aromatic rings. The lowest BCUT2D eigenvalue weighted by Gasteiger charge is -2.28. The van der Waals surface area contributed by atoms with Crippen molar-refractivity contribution >= 4 is 53.7 Å². The van der Waals surface area contributed by atoms with Crippen LogP contribution in [0.1, 0.15) is 24.3 Å². The molecule has 134 valence electrons. The van der Waals surface area contributed by atoms with E-state index in [0.717, 1.165) is 10.6 Å². The second kappa shape index (κ2) is 9.59. The third-order valence-electron chi connectivity index (χ3n) is 3.36. The van der Waals surface area contributed by atoms with Crippen molar-refractivity contribution in [2.75, 3.05) is 20.1 Å². The Labute approximate surface area is 164 Å². The Morgan fingerprint density at radius 3 is 2.62 bits per heavy atom. The van der Waals surface area contributed by atoms with Crippen molar-refractivity contribution < 1.29 is 4.79 Å². The summed E-state index contributed by atoms with van der Waals surface area (Å²) < 4.78 is 0. The van der Waals surface area contributed by atoms with Crippen molar-refractivity contribution in [1.82, 2.24) is 9.88 Å². The molecule has 24 heavy (non-hydrogen) atoms. The highest BCUT2D eigenvalue weighted by atomic mass is 35.5. The van der Waals surface area contributed by atoms with Crippen LogP contribution in [0, 0.1) is 5.41 Å². The third-order valence-corrected chi connectivity index (χ3v) is 4.49. The number of aromatic nitrogens is 1. The van der Waals surface area contributed by atoms with Gasteiger partial charge in [0, 0.05) is 29.6 Å². The van der Waals surface area contributed by atoms with Crippen molar-refractivity contribution in [2.24, 2.45) is 11.1 Å². The normalized spacial score (nSPS) is 10.5. The second-order valence-electron chi connectivity index (χ2n) is 6.08. The summed E-state index contributed by atoms with van der Waals surface area (Å²) >= 11 is 7.43. The fraction of sp³-hybridized carbons (Fsp3) is 0.375. The Morgan fingerprint density at radius 2 is 2.04 bits per heavy atom. The average molecular weight is 411 g/mol. The van der Waals surface area contributed by atoms with E-state index in [4.69, 9.17) is 17.3 Å². The molecule has 0 bridgehead atoms. The van der Waals surface area contributed by atoms with E-state index in [-0.39, 0.29) is 36.1 Å². The van der Waals surface area contributed by atoms with Gasteiger partial charge in [0.1, 0.15) is 10.7 Å². The molecule has 0 saturated carbocycles. The van der Waals surface area contributed by atoms with Crippen LogP contribution >= 0.6 is 47.8 Å². The van der Waals surface area contributed by atoms with Crippen molar-refractivity contribution in [3.63, 3.8) is 0 Å². The lowest BCUT2D eigenvalue weighted by atomic mass is 9.93. The van der Waals surface area contributed by atoms with Gasteiger partial charge in [-0.3, -0.25) is 4.79 Å². The Kier molecular flexibility index (Phi) is 9.25. The van der Waals surface area contributed by atoms with Crippen molar-refractivity contribution in [3.8, 4) is 10.6 Å². The van der Waals surface area contributed by atoms with Gasteiger partial charge in [-0.15, -0.1) is 36.2 Å². The number of halogens is 3. The van der Waals surface area contributed by atoms with Gasteiger partial charge in [0.2, 0.25) is 0 Å². The molecule has 0 saturated heterocycles. The van der Waals surface area contributed by atoms with Crippen LogP contribution in [0.3, 0.4) is 0 Å². The molecule has 0 radical (unpaired) electrons. The molecule has 1 amide bonds. The van der Waals surface area contributed by atoms with Crippen LogP contribution in [0.5, 0.6) is 0 Å². The molecule has 2 N–H and O–H groups in total. The molecule has 1 heterocycles. The van der Waals surface area contributed by atoms with Gasteiger partial charge >= 0.3 is 0 Å². The molecule has 8 heteroatoms. The number of amides is 1. The van der Waals surface area contributed by atoms with Gasteiger partial charge in [0.15, 0.2) is 0 Å². The Balaban J connectivity index is 0.00000264. The number of thiazole rings is 1. The van der Waals surface area contributed by atoms with E-state index in [1.54, 1.807) is 17.3 Å². The van der Waals surface area contributed by atoms with E-state index in [2.05, 4.69) is 4.98 Å². The lowest BCUT2D eigenvalue weighted by molar-refractivity contribution is 0.0735. The highest BCUT2D eigenvalue weighted by Gasteiger charge is 2.23. The number of nitrogens with zero attached hydrogens (tertiary/aromatic N) is 2. The van der Waals surface area contributed by atoms with Crippen LogP contribution in [-0.4, -0.2) is 35.9 Å². The SMILES string of the molecule is CN(CC(C)(C)CN)C(=O)c1csc(-c2cccc(Cl)c2)n1.Cl.Cl. The smallest absolute Gasteiger partial charge is 0.273 e. The Bertz CT molecular complexity index is 676. The minimum absolute atomic E-state index is 0. The van der Waals surface area contributed by atoms with Crippen LogP contribution in [0.15, 0.2) is 29.6 Å². The van der Waals surface area contributed by atoms with Gasteiger partial charge < -0.3 is 10.6 Å². The largest absolute Gasteiger partial charge is 0.340 e. The van der Waals surface area contributed by atoms with Crippen LogP contribution in [0.25, 0.3) is 10.6 Å². The van der Waals surface area contributed by atoms with Gasteiger partial charge in [-0.05, 0) is 24.1 Å². The maximum absolute atomic E-state index is 12.5. The number of carbonyl (C=O) groups is 1. The van der Waals surface area contributed by atoms with Crippen LogP contribution in [0.2, 0.25) is 5.02 Å². The van der Waals surface area contributed by atoms with E-state index in [1.165, 1.54) is 11.3 Å². The van der Waals surface area contributed by atoms with Crippen LogP contribution in [0.4, 0.5) is 0 Å². The number of benzene rings is 1. The molecule has 0 aliphatic carbocycles. The minimum atomic E-state index is -0.115. The van der Waals surface area contributed by atoms with Gasteiger partial charge in [0.05, 0.1) is 0 Å². The second-order valence-corrected chi connectivity index (χ2v) is 7.37. The molecule has 4 nitrogen and oxygen atoms in total. The first-order valence-electron chi connectivity index (χ1n) is 6.99. The summed E-state index contributed by atoms with van der Waals surface area (Å²) in [5.74, 6) is -0.0916. The van der Waals surface area contributed by atoms with E-state index in [1.807, 2.05) is 38.1 Å². The molecule has 0 atom stereocenters. The topological polar surface area (TPSA) is 59.2 Å². The van der Waals surface area contributed by atoms with Crippen molar-refractivity contribution in [3.05, 3.63) is 40.4 Å². The fourth-order valence-corrected chi connectivity index (χ4v) is 3.08. The molecular formula is C16H22Cl3N3OS. The van der Waals surface area contributed by atoms with Gasteiger partial charge in [0.25, 0.3) is 5.91 Å². The number of hydrogen-bond acceptors (Lipinski definition) is 4. The third kappa shape index (κ3) is 5.90. The van der Waals surface area contributed by atoms with E-state index in [9.17, 15) is 4.79 Å². The Morgan fingerprint density at radius 1 is 1.38 bits per heavy atom. The number of hydrogen-bond donors (Lipinski definition) is 1. The number of rotatable bonds is 5. The summed E-state index contributed by atoms with van der Waals surface area (Å²) in [6.07, 6.45) is 0. The highest BCUT2D eigenvalue weighted by Crippen LogP contribution is 2.26. The maximum atomic E-state index is 12.5. The molecule has 0 fully saturated rings. The molecule has 1 aromatic carbocycles. The fourth-order valence-electron chi connectivity index (χ4n) is 2.10. The van der Waals surface area contributed by atoms with Crippen molar-refractivity contribution in [2.45, 2.75) is 13.8 Å². The first-order chi connectivity index (χ1) is 10.3. The zero-order chi connectivity index (χ0) is 16.3. The standard InChI is InChI=1S/C16H20ClN3OS.2ClH/c1-16(2,9-18)10-20(3)15(21)13-8-22-14(19-13)11-5-4-6-12(17)7-11;;/h4-8H,9-10,18H2,1-3H3;2*1H. The summed E-state index contributed by atoms with van der Waals surface area (Å²) in [6, 6.07) is 7.46. The molecule has 0 aliphatic heterocycles. The minimum Gasteiger partial charge on any atom is -0.340 e. The monoisotopic (exact) mass is 409 g/mol. The Hall–Kier alpha value is -0.850. The summed E-state index contributed by atoms with van der Waals surface area (Å²) in [5.41, 5.74) is 6.98. The molecule has 1 aromatic heterocycles. The summed E-state index contributed by atoms with van der Waals surface area (Å²) in [5, 5.41) is 3.23. The van der Waals surface area contributed by atoms with Crippen LogP contribution < -0.4 is 5.73 Å². The summed E-state index contributed by atoms with van der Waals surface area (Å²) in [4.78, 5) is 18.6. The van der Waals surface area contributed by atoms with E-state index < -0.39 is 0 Å². The quantitative estimate of drug-likeness (QED) is 0.796. The zero-order valence-corrected chi connectivity index (χ0v) is 17.0. The van der Waals surface area contributed by atoms with Gasteiger partial charge in [-0.2, -0.15) is 0 Å². The summed E-state index contributed by atoms with van der Waals surface area (Å²) in [7, 11) is 1.78. The lowest BCUT2D eigenvalue weighted by Crippen LogP contribution is -2.39. The zero-order valence-electron chi connectivity index (χ0n) is 13.8. The maximum Gasteiger partial charge on any atom is 0.273 e. The highest BCUT2D eigenvalue weighted by molar-refractivity contribution is 7.13. The first-order valence-corrected chi connectivity index (χ1v) is 8.25. The number of nitrogens with two attached hydrogens (primary N) is 1. The van der Waals surface area contributed by atoms with Gasteiger partial charge in [-0.1, -0.05) is 37.6 Å². The van der Waals surface area contributed by atoms with E-state index in [0.29, 0.717) is 23.8 Å². The van der Waals surface area contributed by atoms with Crippen molar-refractivity contribution in [1.29, 1.82) is 0 Å². The van der Waals surface area contributed by atoms with Gasteiger partial charge in [-0.25, -0.2) is 4.98 Å². The average Bonchev–Trinajstić information content (AvgIpc) is 2.95.